The molecule has 1 aromatic heterocycles. The van der Waals surface area contributed by atoms with Crippen molar-refractivity contribution in [1.82, 2.24) is 20.4 Å². The standard InChI is InChI=1S/C20H28N4O3/c1-21-19(15-12-23-24(2)13-15)20(25)22-11-14-8-9-17(26-3)18(10-14)27-16-6-4-5-7-16/h8-10,12-13,16,19,21H,4-7,11H2,1-3H3,(H,22,25). The van der Waals surface area contributed by atoms with Gasteiger partial charge in [-0.25, -0.2) is 0 Å². The zero-order valence-corrected chi connectivity index (χ0v) is 16.2. The number of aryl methyl sites for hydroxylation is 1. The minimum atomic E-state index is -0.439. The predicted octanol–water partition coefficient (Wildman–Crippen LogP) is 2.33. The van der Waals surface area contributed by atoms with E-state index in [-0.39, 0.29) is 12.0 Å². The van der Waals surface area contributed by atoms with Crippen molar-refractivity contribution in [2.24, 2.45) is 7.05 Å². The maximum atomic E-state index is 12.6. The highest BCUT2D eigenvalue weighted by Crippen LogP contribution is 2.32. The Labute approximate surface area is 160 Å². The summed E-state index contributed by atoms with van der Waals surface area (Å²) in [5, 5.41) is 10.1. The quantitative estimate of drug-likeness (QED) is 0.744. The number of nitrogens with one attached hydrogen (secondary N) is 2. The summed E-state index contributed by atoms with van der Waals surface area (Å²) in [4.78, 5) is 12.6. The number of carbonyl (C=O) groups is 1. The van der Waals surface area contributed by atoms with E-state index in [1.165, 1.54) is 12.8 Å². The fourth-order valence-electron chi connectivity index (χ4n) is 3.44. The molecule has 0 saturated heterocycles. The van der Waals surface area contributed by atoms with E-state index in [1.54, 1.807) is 25.0 Å². The van der Waals surface area contributed by atoms with Crippen LogP contribution in [-0.2, 0) is 18.4 Å². The highest BCUT2D eigenvalue weighted by molar-refractivity contribution is 5.83. The van der Waals surface area contributed by atoms with Crippen LogP contribution in [0, 0.1) is 0 Å². The molecule has 7 heteroatoms. The maximum Gasteiger partial charge on any atom is 0.242 e. The van der Waals surface area contributed by atoms with Crippen molar-refractivity contribution in [2.45, 2.75) is 44.4 Å². The smallest absolute Gasteiger partial charge is 0.242 e. The topological polar surface area (TPSA) is 77.4 Å². The summed E-state index contributed by atoms with van der Waals surface area (Å²) in [6, 6.07) is 5.35. The molecule has 1 heterocycles. The van der Waals surface area contributed by atoms with Crippen LogP contribution in [0.25, 0.3) is 0 Å². The van der Waals surface area contributed by atoms with Crippen LogP contribution in [0.4, 0.5) is 0 Å². The van der Waals surface area contributed by atoms with Crippen molar-refractivity contribution in [1.29, 1.82) is 0 Å². The second-order valence-electron chi connectivity index (χ2n) is 6.90. The summed E-state index contributed by atoms with van der Waals surface area (Å²) in [5.74, 6) is 1.37. The zero-order chi connectivity index (χ0) is 19.2. The number of hydrogen-bond acceptors (Lipinski definition) is 5. The van der Waals surface area contributed by atoms with E-state index in [1.807, 2.05) is 31.4 Å². The molecule has 1 atom stereocenters. The molecule has 1 aliphatic carbocycles. The van der Waals surface area contributed by atoms with Gasteiger partial charge in [-0.15, -0.1) is 0 Å². The molecule has 7 nitrogen and oxygen atoms in total. The molecule has 1 aromatic carbocycles. The first-order valence-corrected chi connectivity index (χ1v) is 9.37. The number of amides is 1. The first-order valence-electron chi connectivity index (χ1n) is 9.37. The molecular formula is C20H28N4O3. The average molecular weight is 372 g/mol. The zero-order valence-electron chi connectivity index (χ0n) is 16.2. The van der Waals surface area contributed by atoms with Crippen molar-refractivity contribution in [3.05, 3.63) is 41.7 Å². The van der Waals surface area contributed by atoms with Gasteiger partial charge in [-0.2, -0.15) is 5.10 Å². The van der Waals surface area contributed by atoms with Gasteiger partial charge in [0.1, 0.15) is 6.04 Å². The van der Waals surface area contributed by atoms with Crippen LogP contribution in [0.2, 0.25) is 0 Å². The third-order valence-electron chi connectivity index (χ3n) is 4.90. The Kier molecular flexibility index (Phi) is 6.34. The molecule has 0 radical (unpaired) electrons. The van der Waals surface area contributed by atoms with Crippen LogP contribution in [0.5, 0.6) is 11.5 Å². The summed E-state index contributed by atoms with van der Waals surface area (Å²) in [5.41, 5.74) is 1.80. The van der Waals surface area contributed by atoms with E-state index in [0.29, 0.717) is 6.54 Å². The van der Waals surface area contributed by atoms with Crippen molar-refractivity contribution >= 4 is 5.91 Å². The summed E-state index contributed by atoms with van der Waals surface area (Å²) in [6.07, 6.45) is 8.37. The Bertz CT molecular complexity index is 768. The lowest BCUT2D eigenvalue weighted by atomic mass is 10.1. The average Bonchev–Trinajstić information content (AvgIpc) is 3.33. The number of hydrogen-bond donors (Lipinski definition) is 2. The van der Waals surface area contributed by atoms with Gasteiger partial charge in [0.05, 0.1) is 19.4 Å². The molecule has 27 heavy (non-hydrogen) atoms. The molecule has 1 amide bonds. The molecule has 1 unspecified atom stereocenters. The number of nitrogens with zero attached hydrogens (tertiary/aromatic N) is 2. The first-order chi connectivity index (χ1) is 13.1. The van der Waals surface area contributed by atoms with E-state index >= 15 is 0 Å². The van der Waals surface area contributed by atoms with Gasteiger partial charge in [-0.3, -0.25) is 9.48 Å². The van der Waals surface area contributed by atoms with Crippen molar-refractivity contribution < 1.29 is 14.3 Å². The van der Waals surface area contributed by atoms with E-state index in [2.05, 4.69) is 15.7 Å². The highest BCUT2D eigenvalue weighted by Gasteiger charge is 2.21. The van der Waals surface area contributed by atoms with E-state index < -0.39 is 6.04 Å². The van der Waals surface area contributed by atoms with Gasteiger partial charge in [0.15, 0.2) is 11.5 Å². The Morgan fingerprint density at radius 1 is 1.33 bits per heavy atom. The maximum absolute atomic E-state index is 12.6. The molecule has 1 fully saturated rings. The van der Waals surface area contributed by atoms with Gasteiger partial charge in [0, 0.05) is 25.4 Å². The van der Waals surface area contributed by atoms with Crippen LogP contribution >= 0.6 is 0 Å². The molecule has 146 valence electrons. The Morgan fingerprint density at radius 3 is 2.74 bits per heavy atom. The number of methoxy groups -OCH3 is 1. The molecule has 0 spiro atoms. The fraction of sp³-hybridized carbons (Fsp3) is 0.500. The van der Waals surface area contributed by atoms with Gasteiger partial charge in [0.2, 0.25) is 5.91 Å². The fourth-order valence-corrected chi connectivity index (χ4v) is 3.44. The molecule has 1 saturated carbocycles. The Hall–Kier alpha value is -2.54. The lowest BCUT2D eigenvalue weighted by Crippen LogP contribution is -2.35. The number of ether oxygens (including phenoxy) is 2. The van der Waals surface area contributed by atoms with Crippen LogP contribution in [0.3, 0.4) is 0 Å². The molecule has 3 rings (SSSR count). The summed E-state index contributed by atoms with van der Waals surface area (Å²) in [6.45, 7) is 0.419. The first kappa shape index (κ1) is 19.2. The monoisotopic (exact) mass is 372 g/mol. The van der Waals surface area contributed by atoms with Gasteiger partial charge < -0.3 is 20.1 Å². The SMILES string of the molecule is CNC(C(=O)NCc1ccc(OC)c(OC2CCCC2)c1)c1cnn(C)c1. The summed E-state index contributed by atoms with van der Waals surface area (Å²) < 4.78 is 13.2. The number of benzene rings is 1. The molecule has 2 N–H and O–H groups in total. The molecule has 2 aromatic rings. The lowest BCUT2D eigenvalue weighted by Gasteiger charge is -2.18. The molecular weight excluding hydrogens is 344 g/mol. The van der Waals surface area contributed by atoms with E-state index in [9.17, 15) is 4.79 Å². The normalized spacial score (nSPS) is 15.5. The van der Waals surface area contributed by atoms with Gasteiger partial charge in [-0.05, 0) is 50.4 Å². The molecule has 0 aliphatic heterocycles. The number of aromatic nitrogens is 2. The van der Waals surface area contributed by atoms with Crippen molar-refractivity contribution in [3.63, 3.8) is 0 Å². The van der Waals surface area contributed by atoms with Crippen LogP contribution in [0.15, 0.2) is 30.6 Å². The van der Waals surface area contributed by atoms with Crippen molar-refractivity contribution in [3.8, 4) is 11.5 Å². The van der Waals surface area contributed by atoms with E-state index in [0.717, 1.165) is 35.5 Å². The van der Waals surface area contributed by atoms with Crippen LogP contribution < -0.4 is 20.1 Å². The number of carbonyl (C=O) groups excluding carboxylic acids is 1. The largest absolute Gasteiger partial charge is 0.493 e. The summed E-state index contributed by atoms with van der Waals surface area (Å²) >= 11 is 0. The van der Waals surface area contributed by atoms with Crippen molar-refractivity contribution in [2.75, 3.05) is 14.2 Å². The minimum Gasteiger partial charge on any atom is -0.493 e. The summed E-state index contributed by atoms with van der Waals surface area (Å²) in [7, 11) is 5.24. The highest BCUT2D eigenvalue weighted by atomic mass is 16.5. The molecule has 1 aliphatic rings. The lowest BCUT2D eigenvalue weighted by molar-refractivity contribution is -0.123. The second kappa shape index (κ2) is 8.90. The Balaban J connectivity index is 1.65. The van der Waals surface area contributed by atoms with Gasteiger partial charge in [-0.1, -0.05) is 6.07 Å². The number of rotatable bonds is 8. The molecule has 0 bridgehead atoms. The predicted molar refractivity (Wildman–Crippen MR) is 103 cm³/mol. The van der Waals surface area contributed by atoms with Crippen LogP contribution in [0.1, 0.15) is 42.9 Å². The Morgan fingerprint density at radius 2 is 2.11 bits per heavy atom. The third-order valence-corrected chi connectivity index (χ3v) is 4.90. The minimum absolute atomic E-state index is 0.0976. The van der Waals surface area contributed by atoms with E-state index in [4.69, 9.17) is 9.47 Å². The second-order valence-corrected chi connectivity index (χ2v) is 6.90. The number of likely N-dealkylation sites (N-methyl/N-ethyl adjacent to an activating group) is 1. The van der Waals surface area contributed by atoms with Crippen LogP contribution in [-0.4, -0.2) is 35.9 Å². The van der Waals surface area contributed by atoms with Gasteiger partial charge in [0.25, 0.3) is 0 Å². The van der Waals surface area contributed by atoms with Gasteiger partial charge >= 0.3 is 0 Å². The third kappa shape index (κ3) is 4.80.